The van der Waals surface area contributed by atoms with Crippen molar-refractivity contribution in [1.29, 1.82) is 0 Å². The molecule has 94 valence electrons. The van der Waals surface area contributed by atoms with E-state index in [1.165, 1.54) is 32.1 Å². The van der Waals surface area contributed by atoms with E-state index >= 15 is 0 Å². The second-order valence-corrected chi connectivity index (χ2v) is 6.67. The van der Waals surface area contributed by atoms with Crippen molar-refractivity contribution in [2.75, 3.05) is 13.2 Å². The molecule has 1 heterocycles. The second-order valence-electron chi connectivity index (χ2n) is 6.67. The highest BCUT2D eigenvalue weighted by atomic mass is 16.5. The van der Waals surface area contributed by atoms with Crippen LogP contribution in [0.1, 0.15) is 52.9 Å². The third-order valence-corrected chi connectivity index (χ3v) is 4.30. The van der Waals surface area contributed by atoms with E-state index in [0.29, 0.717) is 11.5 Å². The van der Waals surface area contributed by atoms with Crippen molar-refractivity contribution in [2.45, 2.75) is 65.0 Å². The molecule has 2 fully saturated rings. The Morgan fingerprint density at radius 2 is 1.69 bits per heavy atom. The first kappa shape index (κ1) is 12.4. The van der Waals surface area contributed by atoms with Crippen molar-refractivity contribution in [3.05, 3.63) is 0 Å². The molecule has 0 radical (unpaired) electrons. The number of ether oxygens (including phenoxy) is 1. The highest BCUT2D eigenvalue weighted by molar-refractivity contribution is 4.84. The van der Waals surface area contributed by atoms with Crippen LogP contribution in [0.2, 0.25) is 0 Å². The minimum atomic E-state index is 0.495. The van der Waals surface area contributed by atoms with Gasteiger partial charge < -0.3 is 10.1 Å². The maximum atomic E-state index is 5.22. The Morgan fingerprint density at radius 1 is 0.938 bits per heavy atom. The fourth-order valence-corrected chi connectivity index (χ4v) is 3.00. The van der Waals surface area contributed by atoms with Crippen LogP contribution >= 0.6 is 0 Å². The summed E-state index contributed by atoms with van der Waals surface area (Å²) in [7, 11) is 0. The molecule has 2 aliphatic rings. The summed E-state index contributed by atoms with van der Waals surface area (Å²) in [5, 5.41) is 3.74. The minimum absolute atomic E-state index is 0.495. The van der Waals surface area contributed by atoms with Gasteiger partial charge in [0, 0.05) is 6.04 Å². The lowest BCUT2D eigenvalue weighted by Crippen LogP contribution is -2.50. The molecule has 1 aliphatic carbocycles. The van der Waals surface area contributed by atoms with E-state index in [0.717, 1.165) is 25.2 Å². The van der Waals surface area contributed by atoms with E-state index in [1.54, 1.807) is 0 Å². The second kappa shape index (κ2) is 5.05. The quantitative estimate of drug-likeness (QED) is 0.730. The summed E-state index contributed by atoms with van der Waals surface area (Å²) < 4.78 is 5.22. The van der Waals surface area contributed by atoms with Gasteiger partial charge in [-0.1, -0.05) is 27.2 Å². The first-order chi connectivity index (χ1) is 7.55. The largest absolute Gasteiger partial charge is 0.378 e. The van der Waals surface area contributed by atoms with Crippen LogP contribution in [0.3, 0.4) is 0 Å². The van der Waals surface area contributed by atoms with Gasteiger partial charge in [-0.15, -0.1) is 0 Å². The van der Waals surface area contributed by atoms with Crippen LogP contribution in [0.4, 0.5) is 0 Å². The molecule has 16 heavy (non-hydrogen) atoms. The molecule has 0 aromatic heterocycles. The zero-order chi connectivity index (χ0) is 11.6. The van der Waals surface area contributed by atoms with E-state index in [-0.39, 0.29) is 0 Å². The molecule has 0 amide bonds. The summed E-state index contributed by atoms with van der Waals surface area (Å²) in [5.41, 5.74) is 0.495. The molecule has 2 nitrogen and oxygen atoms in total. The topological polar surface area (TPSA) is 21.3 Å². The van der Waals surface area contributed by atoms with Crippen LogP contribution in [0, 0.1) is 11.3 Å². The Balaban J connectivity index is 1.78. The first-order valence-electron chi connectivity index (χ1n) is 6.89. The van der Waals surface area contributed by atoms with Gasteiger partial charge in [0.1, 0.15) is 0 Å². The van der Waals surface area contributed by atoms with Crippen LogP contribution in [0.5, 0.6) is 0 Å². The molecule has 2 heteroatoms. The molecule has 2 atom stereocenters. The summed E-state index contributed by atoms with van der Waals surface area (Å²) in [6.07, 6.45) is 6.94. The van der Waals surface area contributed by atoms with Gasteiger partial charge in [-0.2, -0.15) is 0 Å². The van der Waals surface area contributed by atoms with Gasteiger partial charge in [-0.3, -0.25) is 0 Å². The number of rotatable bonds is 2. The number of hydrogen-bond acceptors (Lipinski definition) is 2. The fraction of sp³-hybridized carbons (Fsp3) is 1.00. The maximum absolute atomic E-state index is 5.22. The molecule has 0 aromatic rings. The Kier molecular flexibility index (Phi) is 3.91. The van der Waals surface area contributed by atoms with Gasteiger partial charge in [-0.25, -0.2) is 0 Å². The van der Waals surface area contributed by atoms with Crippen molar-refractivity contribution >= 4 is 0 Å². The average molecular weight is 225 g/mol. The summed E-state index contributed by atoms with van der Waals surface area (Å²) in [6.45, 7) is 9.04. The Labute approximate surface area is 100 Å². The van der Waals surface area contributed by atoms with E-state index < -0.39 is 0 Å². The molecule has 0 aromatic carbocycles. The first-order valence-corrected chi connectivity index (χ1v) is 6.89. The monoisotopic (exact) mass is 225 g/mol. The Morgan fingerprint density at radius 3 is 2.25 bits per heavy atom. The lowest BCUT2D eigenvalue weighted by Gasteiger charge is -2.32. The average Bonchev–Trinajstić information content (AvgIpc) is 2.35. The third kappa shape index (κ3) is 3.21. The highest BCUT2D eigenvalue weighted by Crippen LogP contribution is 2.36. The summed E-state index contributed by atoms with van der Waals surface area (Å²) >= 11 is 0. The summed E-state index contributed by atoms with van der Waals surface area (Å²) in [4.78, 5) is 0. The summed E-state index contributed by atoms with van der Waals surface area (Å²) in [5.74, 6) is 0.914. The SMILES string of the molecule is CC(C)(C)C1CCCC(NC2COC2)CC1. The number of nitrogens with one attached hydrogen (secondary N) is 1. The zero-order valence-electron chi connectivity index (χ0n) is 11.1. The molecule has 1 saturated carbocycles. The predicted molar refractivity (Wildman–Crippen MR) is 67.6 cm³/mol. The molecular formula is C14H27NO. The third-order valence-electron chi connectivity index (χ3n) is 4.30. The van der Waals surface area contributed by atoms with Crippen LogP contribution in [-0.4, -0.2) is 25.3 Å². The van der Waals surface area contributed by atoms with E-state index in [2.05, 4.69) is 26.1 Å². The summed E-state index contributed by atoms with van der Waals surface area (Å²) in [6, 6.07) is 1.40. The van der Waals surface area contributed by atoms with Crippen molar-refractivity contribution < 1.29 is 4.74 Å². The fourth-order valence-electron chi connectivity index (χ4n) is 3.00. The van der Waals surface area contributed by atoms with Gasteiger partial charge in [0.25, 0.3) is 0 Å². The van der Waals surface area contributed by atoms with Gasteiger partial charge >= 0.3 is 0 Å². The van der Waals surface area contributed by atoms with Crippen molar-refractivity contribution in [3.63, 3.8) is 0 Å². The van der Waals surface area contributed by atoms with E-state index in [1.807, 2.05) is 0 Å². The lowest BCUT2D eigenvalue weighted by molar-refractivity contribution is -0.0108. The molecule has 1 N–H and O–H groups in total. The van der Waals surface area contributed by atoms with Crippen LogP contribution in [0.25, 0.3) is 0 Å². The molecule has 0 spiro atoms. The molecule has 2 rings (SSSR count). The van der Waals surface area contributed by atoms with Crippen LogP contribution in [0.15, 0.2) is 0 Å². The van der Waals surface area contributed by atoms with Gasteiger partial charge in [0.2, 0.25) is 0 Å². The zero-order valence-corrected chi connectivity index (χ0v) is 11.1. The highest BCUT2D eigenvalue weighted by Gasteiger charge is 2.29. The van der Waals surface area contributed by atoms with Crippen molar-refractivity contribution in [3.8, 4) is 0 Å². The Hall–Kier alpha value is -0.0800. The molecule has 2 unspecified atom stereocenters. The Bertz CT molecular complexity index is 217. The molecule has 1 saturated heterocycles. The van der Waals surface area contributed by atoms with Gasteiger partial charge in [-0.05, 0) is 37.0 Å². The van der Waals surface area contributed by atoms with Crippen LogP contribution < -0.4 is 5.32 Å². The van der Waals surface area contributed by atoms with Crippen molar-refractivity contribution in [2.24, 2.45) is 11.3 Å². The standard InChI is InChI=1S/C14H27NO/c1-14(2,3)11-5-4-6-12(8-7-11)15-13-9-16-10-13/h11-13,15H,4-10H2,1-3H3. The van der Waals surface area contributed by atoms with Crippen molar-refractivity contribution in [1.82, 2.24) is 5.32 Å². The van der Waals surface area contributed by atoms with Gasteiger partial charge in [0.05, 0.1) is 19.3 Å². The lowest BCUT2D eigenvalue weighted by atomic mass is 9.76. The van der Waals surface area contributed by atoms with E-state index in [9.17, 15) is 0 Å². The molecule has 1 aliphatic heterocycles. The van der Waals surface area contributed by atoms with Crippen LogP contribution in [-0.2, 0) is 4.74 Å². The predicted octanol–water partition coefficient (Wildman–Crippen LogP) is 2.97. The maximum Gasteiger partial charge on any atom is 0.0643 e. The minimum Gasteiger partial charge on any atom is -0.378 e. The molecule has 0 bridgehead atoms. The smallest absolute Gasteiger partial charge is 0.0643 e. The van der Waals surface area contributed by atoms with Gasteiger partial charge in [0.15, 0.2) is 0 Å². The van der Waals surface area contributed by atoms with E-state index in [4.69, 9.17) is 4.74 Å². The molecular weight excluding hydrogens is 198 g/mol. The normalized spacial score (nSPS) is 33.2. The number of hydrogen-bond donors (Lipinski definition) is 1.